The summed E-state index contributed by atoms with van der Waals surface area (Å²) in [6, 6.07) is 3.33. The van der Waals surface area contributed by atoms with Crippen molar-refractivity contribution in [3.8, 4) is 11.5 Å². The van der Waals surface area contributed by atoms with Crippen LogP contribution >= 0.6 is 0 Å². The van der Waals surface area contributed by atoms with Gasteiger partial charge in [0.25, 0.3) is 0 Å². The molecule has 2 aromatic heterocycles. The second-order valence-corrected chi connectivity index (χ2v) is 8.52. The molecule has 2 heterocycles. The maximum absolute atomic E-state index is 10.5. The Morgan fingerprint density at radius 3 is 1.81 bits per heavy atom. The molecule has 2 rings (SSSR count). The van der Waals surface area contributed by atoms with Gasteiger partial charge in [-0.25, -0.2) is 0 Å². The van der Waals surface area contributed by atoms with Crippen molar-refractivity contribution in [3.05, 3.63) is 47.5 Å². The zero-order valence-electron chi connectivity index (χ0n) is 19.4. The molecule has 8 heteroatoms. The SMILES string of the molecule is CC(C)(C)C(=O)O.COc1cc(C=O)cnc1C(C)(C)C.COc1cncc(C=O)c1. The molecule has 0 radical (unpaired) electrons. The predicted molar refractivity (Wildman–Crippen MR) is 118 cm³/mol. The summed E-state index contributed by atoms with van der Waals surface area (Å²) in [4.78, 5) is 38.7. The van der Waals surface area contributed by atoms with Crippen LogP contribution in [0.2, 0.25) is 0 Å². The third-order valence-corrected chi connectivity index (χ3v) is 3.69. The Kier molecular flexibility index (Phi) is 11.1. The molecular formula is C23H32N2O6. The summed E-state index contributed by atoms with van der Waals surface area (Å²) < 4.78 is 10.0. The second-order valence-electron chi connectivity index (χ2n) is 8.52. The number of aldehydes is 2. The molecule has 31 heavy (non-hydrogen) atoms. The van der Waals surface area contributed by atoms with E-state index in [2.05, 4.69) is 30.7 Å². The Labute approximate surface area is 183 Å². The molecule has 0 aromatic carbocycles. The fraction of sp³-hybridized carbons (Fsp3) is 0.435. The molecule has 0 unspecified atom stereocenters. The van der Waals surface area contributed by atoms with Crippen LogP contribution in [0, 0.1) is 5.41 Å². The van der Waals surface area contributed by atoms with Crippen molar-refractivity contribution < 1.29 is 29.0 Å². The van der Waals surface area contributed by atoms with Crippen molar-refractivity contribution in [3.63, 3.8) is 0 Å². The Hall–Kier alpha value is -3.29. The summed E-state index contributed by atoms with van der Waals surface area (Å²) in [5.41, 5.74) is 1.27. The van der Waals surface area contributed by atoms with E-state index in [1.165, 1.54) is 13.3 Å². The van der Waals surface area contributed by atoms with Crippen LogP contribution in [0.25, 0.3) is 0 Å². The topological polar surface area (TPSA) is 116 Å². The number of carboxylic acids is 1. The van der Waals surface area contributed by atoms with Gasteiger partial charge >= 0.3 is 5.97 Å². The minimum absolute atomic E-state index is 0.0766. The lowest BCUT2D eigenvalue weighted by atomic mass is 9.90. The Bertz CT molecular complexity index is 867. The van der Waals surface area contributed by atoms with Crippen LogP contribution in [0.1, 0.15) is 68.0 Å². The fourth-order valence-corrected chi connectivity index (χ4v) is 1.85. The van der Waals surface area contributed by atoms with Crippen LogP contribution < -0.4 is 9.47 Å². The highest BCUT2D eigenvalue weighted by Gasteiger charge is 2.20. The monoisotopic (exact) mass is 432 g/mol. The molecule has 0 saturated carbocycles. The molecule has 0 atom stereocenters. The maximum atomic E-state index is 10.5. The summed E-state index contributed by atoms with van der Waals surface area (Å²) in [5, 5.41) is 8.25. The summed E-state index contributed by atoms with van der Waals surface area (Å²) in [6.07, 6.45) is 6.09. The minimum atomic E-state index is -0.757. The number of carboxylic acid groups (broad SMARTS) is 1. The second kappa shape index (κ2) is 12.4. The molecule has 1 N–H and O–H groups in total. The van der Waals surface area contributed by atoms with Crippen LogP contribution in [-0.2, 0) is 10.2 Å². The zero-order valence-corrected chi connectivity index (χ0v) is 19.4. The quantitative estimate of drug-likeness (QED) is 0.714. The Morgan fingerprint density at radius 2 is 1.42 bits per heavy atom. The number of pyridine rings is 2. The smallest absolute Gasteiger partial charge is 0.308 e. The number of nitrogens with zero attached hydrogens (tertiary/aromatic N) is 2. The number of hydrogen-bond acceptors (Lipinski definition) is 7. The van der Waals surface area contributed by atoms with E-state index < -0.39 is 11.4 Å². The molecule has 0 aliphatic rings. The lowest BCUT2D eigenvalue weighted by Gasteiger charge is -2.20. The van der Waals surface area contributed by atoms with Crippen molar-refractivity contribution in [2.45, 2.75) is 47.0 Å². The van der Waals surface area contributed by atoms with E-state index in [-0.39, 0.29) is 5.41 Å². The first-order valence-corrected chi connectivity index (χ1v) is 9.47. The molecule has 0 aliphatic heterocycles. The van der Waals surface area contributed by atoms with E-state index >= 15 is 0 Å². The van der Waals surface area contributed by atoms with Crippen LogP contribution in [-0.4, -0.2) is 47.8 Å². The average Bonchev–Trinajstić information content (AvgIpc) is 2.72. The first kappa shape index (κ1) is 27.7. The molecule has 0 aliphatic carbocycles. The first-order valence-electron chi connectivity index (χ1n) is 9.47. The van der Waals surface area contributed by atoms with Crippen LogP contribution in [0.4, 0.5) is 0 Å². The molecule has 0 spiro atoms. The fourth-order valence-electron chi connectivity index (χ4n) is 1.85. The molecule has 170 valence electrons. The molecule has 2 aromatic rings. The van der Waals surface area contributed by atoms with Gasteiger partial charge in [0.15, 0.2) is 12.6 Å². The van der Waals surface area contributed by atoms with E-state index in [9.17, 15) is 14.4 Å². The van der Waals surface area contributed by atoms with E-state index in [0.717, 1.165) is 18.3 Å². The number of ether oxygens (including phenoxy) is 2. The molecule has 0 saturated heterocycles. The average molecular weight is 433 g/mol. The highest BCUT2D eigenvalue weighted by molar-refractivity contribution is 5.75. The number of carbonyl (C=O) groups excluding carboxylic acids is 2. The largest absolute Gasteiger partial charge is 0.495 e. The Balaban J connectivity index is 0.000000465. The summed E-state index contributed by atoms with van der Waals surface area (Å²) in [7, 11) is 3.12. The van der Waals surface area contributed by atoms with Gasteiger partial charge in [0.2, 0.25) is 0 Å². The van der Waals surface area contributed by atoms with E-state index in [4.69, 9.17) is 14.6 Å². The maximum Gasteiger partial charge on any atom is 0.308 e. The van der Waals surface area contributed by atoms with Gasteiger partial charge in [0.05, 0.1) is 31.5 Å². The van der Waals surface area contributed by atoms with Gasteiger partial charge in [-0.3, -0.25) is 24.4 Å². The van der Waals surface area contributed by atoms with Crippen LogP contribution in [0.15, 0.2) is 30.7 Å². The van der Waals surface area contributed by atoms with Crippen molar-refractivity contribution in [1.29, 1.82) is 0 Å². The molecular weight excluding hydrogens is 400 g/mol. The first-order chi connectivity index (χ1) is 14.3. The molecule has 8 nitrogen and oxygen atoms in total. The summed E-state index contributed by atoms with van der Waals surface area (Å²) in [5.74, 6) is 0.513. The zero-order chi connectivity index (χ0) is 24.2. The number of aromatic nitrogens is 2. The van der Waals surface area contributed by atoms with E-state index in [1.54, 1.807) is 52.4 Å². The molecule has 0 fully saturated rings. The van der Waals surface area contributed by atoms with Gasteiger partial charge in [-0.1, -0.05) is 20.8 Å². The number of aliphatic carboxylic acids is 1. The van der Waals surface area contributed by atoms with Gasteiger partial charge in [-0.05, 0) is 32.9 Å². The summed E-state index contributed by atoms with van der Waals surface area (Å²) in [6.45, 7) is 11.1. The predicted octanol–water partition coefficient (Wildman–Crippen LogP) is 4.22. The highest BCUT2D eigenvalue weighted by atomic mass is 16.5. The Morgan fingerprint density at radius 1 is 0.903 bits per heavy atom. The van der Waals surface area contributed by atoms with Crippen molar-refractivity contribution >= 4 is 18.5 Å². The van der Waals surface area contributed by atoms with Crippen molar-refractivity contribution in [1.82, 2.24) is 9.97 Å². The van der Waals surface area contributed by atoms with Gasteiger partial charge in [-0.15, -0.1) is 0 Å². The van der Waals surface area contributed by atoms with Crippen molar-refractivity contribution in [2.75, 3.05) is 14.2 Å². The number of carbonyl (C=O) groups is 3. The van der Waals surface area contributed by atoms with Gasteiger partial charge in [0, 0.05) is 28.9 Å². The third-order valence-electron chi connectivity index (χ3n) is 3.69. The lowest BCUT2D eigenvalue weighted by molar-refractivity contribution is -0.145. The van der Waals surface area contributed by atoms with Crippen LogP contribution in [0.5, 0.6) is 11.5 Å². The normalized spacial score (nSPS) is 10.5. The standard InChI is InChI=1S/C11H15NO2.C7H7NO2.C5H10O2/c1-11(2,3)10-9(14-4)5-8(7-13)6-12-10;1-10-7-2-6(5-9)3-8-4-7;1-5(2,3)4(6)7/h5-7H,1-4H3;2-5H,1H3;1-3H3,(H,6,7). The number of rotatable bonds is 4. The van der Waals surface area contributed by atoms with Gasteiger partial charge in [0.1, 0.15) is 11.5 Å². The number of hydrogen-bond donors (Lipinski definition) is 1. The number of methoxy groups -OCH3 is 2. The third kappa shape index (κ3) is 10.3. The molecule has 0 bridgehead atoms. The van der Waals surface area contributed by atoms with E-state index in [1.807, 2.05) is 0 Å². The van der Waals surface area contributed by atoms with Gasteiger partial charge in [-0.2, -0.15) is 0 Å². The summed E-state index contributed by atoms with van der Waals surface area (Å²) >= 11 is 0. The van der Waals surface area contributed by atoms with Crippen LogP contribution in [0.3, 0.4) is 0 Å². The van der Waals surface area contributed by atoms with Crippen molar-refractivity contribution in [2.24, 2.45) is 5.41 Å². The highest BCUT2D eigenvalue weighted by Crippen LogP contribution is 2.29. The van der Waals surface area contributed by atoms with E-state index in [0.29, 0.717) is 22.6 Å². The lowest BCUT2D eigenvalue weighted by Crippen LogP contribution is -2.18. The van der Waals surface area contributed by atoms with Gasteiger partial charge < -0.3 is 14.6 Å². The minimum Gasteiger partial charge on any atom is -0.495 e. The molecule has 0 amide bonds.